The number of benzene rings is 2. The van der Waals surface area contributed by atoms with E-state index in [9.17, 15) is 4.79 Å². The molecule has 0 radical (unpaired) electrons. The van der Waals surface area contributed by atoms with Crippen molar-refractivity contribution in [3.63, 3.8) is 0 Å². The molecular weight excluding hydrogens is 347 g/mol. The Morgan fingerprint density at radius 3 is 2.50 bits per heavy atom. The third-order valence-electron chi connectivity index (χ3n) is 4.06. The third-order valence-corrected chi connectivity index (χ3v) is 4.30. The van der Waals surface area contributed by atoms with Crippen LogP contribution in [0.1, 0.15) is 18.4 Å². The first kappa shape index (κ1) is 18.6. The standard InChI is InChI=1S/C18H19ClN2O2.ClH/c19-14-3-1-2-13(12-14)18(8-9-18)17(22)21-15-4-6-16(7-5-15)23-11-10-20;/h1-7,12H,8-11,20H2,(H,21,22);1H. The van der Waals surface area contributed by atoms with Gasteiger partial charge in [0.15, 0.2) is 0 Å². The first-order valence-electron chi connectivity index (χ1n) is 7.64. The molecule has 4 nitrogen and oxygen atoms in total. The summed E-state index contributed by atoms with van der Waals surface area (Å²) in [6.07, 6.45) is 1.69. The molecule has 0 spiro atoms. The summed E-state index contributed by atoms with van der Waals surface area (Å²) in [6, 6.07) is 14.8. The van der Waals surface area contributed by atoms with Crippen molar-refractivity contribution in [2.45, 2.75) is 18.3 Å². The van der Waals surface area contributed by atoms with Crippen LogP contribution in [0, 0.1) is 0 Å². The molecule has 1 fully saturated rings. The molecule has 2 aromatic rings. The van der Waals surface area contributed by atoms with Crippen molar-refractivity contribution >= 4 is 35.6 Å². The van der Waals surface area contributed by atoms with Crippen LogP contribution in [0.25, 0.3) is 0 Å². The highest BCUT2D eigenvalue weighted by Crippen LogP contribution is 2.49. The van der Waals surface area contributed by atoms with Gasteiger partial charge < -0.3 is 15.8 Å². The van der Waals surface area contributed by atoms with Gasteiger partial charge in [-0.15, -0.1) is 12.4 Å². The summed E-state index contributed by atoms with van der Waals surface area (Å²) < 4.78 is 5.42. The minimum Gasteiger partial charge on any atom is -0.492 e. The Morgan fingerprint density at radius 1 is 1.21 bits per heavy atom. The zero-order valence-electron chi connectivity index (χ0n) is 13.1. The maximum atomic E-state index is 12.7. The molecule has 0 saturated heterocycles. The molecule has 0 heterocycles. The van der Waals surface area contributed by atoms with E-state index in [1.807, 2.05) is 48.5 Å². The van der Waals surface area contributed by atoms with Gasteiger partial charge in [-0.3, -0.25) is 4.79 Å². The van der Waals surface area contributed by atoms with E-state index in [0.29, 0.717) is 18.2 Å². The number of hydrogen-bond donors (Lipinski definition) is 2. The van der Waals surface area contributed by atoms with E-state index < -0.39 is 5.41 Å². The largest absolute Gasteiger partial charge is 0.492 e. The Balaban J connectivity index is 0.00000208. The molecule has 1 saturated carbocycles. The lowest BCUT2D eigenvalue weighted by Crippen LogP contribution is -2.27. The second kappa shape index (κ2) is 7.88. The van der Waals surface area contributed by atoms with Gasteiger partial charge in [0.25, 0.3) is 0 Å². The van der Waals surface area contributed by atoms with Crippen LogP contribution in [-0.4, -0.2) is 19.1 Å². The number of carbonyl (C=O) groups is 1. The SMILES string of the molecule is Cl.NCCOc1ccc(NC(=O)C2(c3cccc(Cl)c3)CC2)cc1. The van der Waals surface area contributed by atoms with Gasteiger partial charge in [0.05, 0.1) is 5.41 Å². The van der Waals surface area contributed by atoms with E-state index in [4.69, 9.17) is 22.1 Å². The van der Waals surface area contributed by atoms with Crippen LogP contribution in [0.5, 0.6) is 5.75 Å². The number of halogens is 2. The molecule has 6 heteroatoms. The minimum atomic E-state index is -0.445. The highest BCUT2D eigenvalue weighted by molar-refractivity contribution is 6.30. The minimum absolute atomic E-state index is 0. The summed E-state index contributed by atoms with van der Waals surface area (Å²) in [5.41, 5.74) is 6.69. The predicted octanol–water partition coefficient (Wildman–Crippen LogP) is 3.77. The number of rotatable bonds is 6. The van der Waals surface area contributed by atoms with Gasteiger partial charge in [-0.1, -0.05) is 23.7 Å². The lowest BCUT2D eigenvalue weighted by molar-refractivity contribution is -0.118. The molecule has 3 rings (SSSR count). The zero-order valence-corrected chi connectivity index (χ0v) is 14.7. The van der Waals surface area contributed by atoms with Gasteiger partial charge in [0.2, 0.25) is 5.91 Å². The Morgan fingerprint density at radius 2 is 1.92 bits per heavy atom. The third kappa shape index (κ3) is 4.01. The fraction of sp³-hybridized carbons (Fsp3) is 0.278. The number of hydrogen-bond acceptors (Lipinski definition) is 3. The topological polar surface area (TPSA) is 64.3 Å². The van der Waals surface area contributed by atoms with Gasteiger partial charge in [-0.2, -0.15) is 0 Å². The van der Waals surface area contributed by atoms with Crippen LogP contribution in [0.15, 0.2) is 48.5 Å². The second-order valence-corrected chi connectivity index (χ2v) is 6.14. The molecule has 24 heavy (non-hydrogen) atoms. The molecular formula is C18H20Cl2N2O2. The number of nitrogens with two attached hydrogens (primary N) is 1. The van der Waals surface area contributed by atoms with Crippen LogP contribution >= 0.6 is 24.0 Å². The predicted molar refractivity (Wildman–Crippen MR) is 99.2 cm³/mol. The van der Waals surface area contributed by atoms with Crippen molar-refractivity contribution in [3.8, 4) is 5.75 Å². The molecule has 0 bridgehead atoms. The normalized spacial score (nSPS) is 14.4. The number of anilines is 1. The lowest BCUT2D eigenvalue weighted by Gasteiger charge is -2.16. The summed E-state index contributed by atoms with van der Waals surface area (Å²) in [5.74, 6) is 0.750. The second-order valence-electron chi connectivity index (χ2n) is 5.71. The van der Waals surface area contributed by atoms with Gasteiger partial charge in [0.1, 0.15) is 12.4 Å². The van der Waals surface area contributed by atoms with Crippen LogP contribution in [0.4, 0.5) is 5.69 Å². The number of ether oxygens (including phenoxy) is 1. The van der Waals surface area contributed by atoms with Crippen molar-refractivity contribution in [2.75, 3.05) is 18.5 Å². The Kier molecular flexibility index (Phi) is 6.10. The Labute approximate surface area is 152 Å². The average Bonchev–Trinajstić information content (AvgIpc) is 3.36. The molecule has 1 amide bonds. The quantitative estimate of drug-likeness (QED) is 0.817. The van der Waals surface area contributed by atoms with E-state index >= 15 is 0 Å². The van der Waals surface area contributed by atoms with Crippen LogP contribution in [-0.2, 0) is 10.2 Å². The lowest BCUT2D eigenvalue weighted by atomic mass is 9.95. The summed E-state index contributed by atoms with van der Waals surface area (Å²) in [5, 5.41) is 3.64. The zero-order chi connectivity index (χ0) is 16.3. The van der Waals surface area contributed by atoms with E-state index in [1.165, 1.54) is 0 Å². The molecule has 0 aromatic heterocycles. The monoisotopic (exact) mass is 366 g/mol. The average molecular weight is 367 g/mol. The van der Waals surface area contributed by atoms with E-state index in [0.717, 1.165) is 29.8 Å². The molecule has 3 N–H and O–H groups in total. The Hall–Kier alpha value is -1.75. The smallest absolute Gasteiger partial charge is 0.235 e. The molecule has 1 aliphatic carbocycles. The van der Waals surface area contributed by atoms with Gasteiger partial charge >= 0.3 is 0 Å². The van der Waals surface area contributed by atoms with Crippen molar-refractivity contribution in [2.24, 2.45) is 5.73 Å². The Bertz CT molecular complexity index is 700. The van der Waals surface area contributed by atoms with E-state index in [2.05, 4.69) is 5.32 Å². The molecule has 0 aliphatic heterocycles. The maximum Gasteiger partial charge on any atom is 0.235 e. The summed E-state index contributed by atoms with van der Waals surface area (Å²) >= 11 is 6.05. The van der Waals surface area contributed by atoms with Crippen molar-refractivity contribution < 1.29 is 9.53 Å². The van der Waals surface area contributed by atoms with Crippen molar-refractivity contribution in [1.82, 2.24) is 0 Å². The number of carbonyl (C=O) groups excluding carboxylic acids is 1. The fourth-order valence-corrected chi connectivity index (χ4v) is 2.81. The van der Waals surface area contributed by atoms with E-state index in [1.54, 1.807) is 0 Å². The molecule has 1 aliphatic rings. The summed E-state index contributed by atoms with van der Waals surface area (Å²) in [7, 11) is 0. The maximum absolute atomic E-state index is 12.7. The van der Waals surface area contributed by atoms with Crippen molar-refractivity contribution in [1.29, 1.82) is 0 Å². The molecule has 0 unspecified atom stereocenters. The van der Waals surface area contributed by atoms with Gasteiger partial charge in [0, 0.05) is 17.3 Å². The molecule has 2 aromatic carbocycles. The summed E-state index contributed by atoms with van der Waals surface area (Å²) in [6.45, 7) is 0.949. The van der Waals surface area contributed by atoms with Crippen LogP contribution < -0.4 is 15.8 Å². The van der Waals surface area contributed by atoms with Crippen LogP contribution in [0.3, 0.4) is 0 Å². The van der Waals surface area contributed by atoms with E-state index in [-0.39, 0.29) is 18.3 Å². The summed E-state index contributed by atoms with van der Waals surface area (Å²) in [4.78, 5) is 12.7. The first-order valence-corrected chi connectivity index (χ1v) is 8.02. The highest BCUT2D eigenvalue weighted by atomic mass is 35.5. The number of nitrogens with one attached hydrogen (secondary N) is 1. The van der Waals surface area contributed by atoms with Crippen molar-refractivity contribution in [3.05, 3.63) is 59.1 Å². The molecule has 128 valence electrons. The van der Waals surface area contributed by atoms with Crippen LogP contribution in [0.2, 0.25) is 5.02 Å². The fourth-order valence-electron chi connectivity index (χ4n) is 2.62. The molecule has 0 atom stereocenters. The van der Waals surface area contributed by atoms with Gasteiger partial charge in [-0.05, 0) is 54.8 Å². The first-order chi connectivity index (χ1) is 11.1. The van der Waals surface area contributed by atoms with Gasteiger partial charge in [-0.25, -0.2) is 0 Å². The number of amides is 1. The highest BCUT2D eigenvalue weighted by Gasteiger charge is 2.51.